The third kappa shape index (κ3) is 4.10. The molecule has 0 aliphatic carbocycles. The van der Waals surface area contributed by atoms with Crippen LogP contribution in [0.5, 0.6) is 0 Å². The number of pyridine rings is 1. The molecule has 0 saturated carbocycles. The van der Waals surface area contributed by atoms with E-state index in [-0.39, 0.29) is 11.5 Å². The summed E-state index contributed by atoms with van der Waals surface area (Å²) in [5.41, 5.74) is 5.25. The molecule has 0 saturated heterocycles. The summed E-state index contributed by atoms with van der Waals surface area (Å²) in [6, 6.07) is 9.91. The summed E-state index contributed by atoms with van der Waals surface area (Å²) in [5.74, 6) is 0.288. The number of ether oxygens (including phenoxy) is 1. The first kappa shape index (κ1) is 21.3. The fourth-order valence-electron chi connectivity index (χ4n) is 4.03. The first-order valence-electron chi connectivity index (χ1n) is 10.5. The molecule has 0 fully saturated rings. The van der Waals surface area contributed by atoms with E-state index in [2.05, 4.69) is 29.1 Å². The number of carbonyl (C=O) groups excluding carboxylic acids is 1. The minimum absolute atomic E-state index is 0.0167. The molecule has 1 N–H and O–H groups in total. The molecule has 164 valence electrons. The van der Waals surface area contributed by atoms with Crippen LogP contribution in [-0.2, 0) is 29.1 Å². The number of carbonyl (C=O) groups is 1. The van der Waals surface area contributed by atoms with Crippen LogP contribution in [0.1, 0.15) is 36.2 Å². The van der Waals surface area contributed by atoms with Gasteiger partial charge in [0.25, 0.3) is 0 Å². The quantitative estimate of drug-likeness (QED) is 0.337. The van der Waals surface area contributed by atoms with Gasteiger partial charge in [-0.2, -0.15) is 0 Å². The maximum atomic E-state index is 12.4. The van der Waals surface area contributed by atoms with Crippen LogP contribution in [0.4, 0.5) is 0 Å². The summed E-state index contributed by atoms with van der Waals surface area (Å²) >= 11 is 3.05. The van der Waals surface area contributed by atoms with Crippen LogP contribution in [0.3, 0.4) is 0 Å². The zero-order chi connectivity index (χ0) is 22.3. The average Bonchev–Trinajstić information content (AvgIpc) is 3.15. The van der Waals surface area contributed by atoms with Crippen LogP contribution in [0.15, 0.2) is 41.7 Å². The van der Waals surface area contributed by atoms with E-state index in [0.717, 1.165) is 43.1 Å². The van der Waals surface area contributed by atoms with Crippen molar-refractivity contribution in [3.8, 4) is 0 Å². The van der Waals surface area contributed by atoms with E-state index in [0.29, 0.717) is 18.9 Å². The van der Waals surface area contributed by atoms with Gasteiger partial charge < -0.3 is 10.1 Å². The Morgan fingerprint density at radius 3 is 2.84 bits per heavy atom. The lowest BCUT2D eigenvalue weighted by Gasteiger charge is -2.32. The molecule has 0 spiro atoms. The van der Waals surface area contributed by atoms with Crippen molar-refractivity contribution in [2.75, 3.05) is 5.75 Å². The number of aryl methyl sites for hydroxylation is 1. The van der Waals surface area contributed by atoms with Crippen LogP contribution in [0, 0.1) is 6.92 Å². The number of aromatic nitrogens is 3. The zero-order valence-electron chi connectivity index (χ0n) is 18.3. The molecule has 1 aliphatic heterocycles. The van der Waals surface area contributed by atoms with E-state index in [4.69, 9.17) is 9.72 Å². The zero-order valence-corrected chi connectivity index (χ0v) is 19.9. The molecule has 6 nitrogen and oxygen atoms in total. The van der Waals surface area contributed by atoms with Crippen LogP contribution in [0.25, 0.3) is 20.4 Å². The molecule has 0 radical (unpaired) electrons. The standard InChI is InChI=1S/C24H24N4O2S2/c1-14-17-11-30-24(2,3)9-16(17)19-20-21(32-22(19)28-14)23(27-13-26-20)31-12-18(29)25-10-15-7-5-4-6-8-15/h4-8,13H,9-12H2,1-3H3,(H,25,29). The van der Waals surface area contributed by atoms with Crippen LogP contribution >= 0.6 is 23.1 Å². The molecule has 3 aromatic heterocycles. The summed E-state index contributed by atoms with van der Waals surface area (Å²) in [6.45, 7) is 7.38. The van der Waals surface area contributed by atoms with E-state index in [1.54, 1.807) is 17.7 Å². The van der Waals surface area contributed by atoms with E-state index >= 15 is 0 Å². The predicted octanol–water partition coefficient (Wildman–Crippen LogP) is 4.81. The lowest BCUT2D eigenvalue weighted by atomic mass is 9.89. The normalized spacial score (nSPS) is 15.1. The molecule has 0 bridgehead atoms. The van der Waals surface area contributed by atoms with Crippen LogP contribution in [0.2, 0.25) is 0 Å². The number of hydrogen-bond donors (Lipinski definition) is 1. The van der Waals surface area contributed by atoms with Gasteiger partial charge in [0.05, 0.1) is 28.2 Å². The molecule has 32 heavy (non-hydrogen) atoms. The van der Waals surface area contributed by atoms with Gasteiger partial charge in [0.1, 0.15) is 16.2 Å². The van der Waals surface area contributed by atoms with E-state index in [1.807, 2.05) is 37.3 Å². The van der Waals surface area contributed by atoms with Crippen molar-refractivity contribution in [1.29, 1.82) is 0 Å². The Labute approximate surface area is 194 Å². The highest BCUT2D eigenvalue weighted by Gasteiger charge is 2.31. The molecular weight excluding hydrogens is 440 g/mol. The molecule has 8 heteroatoms. The molecule has 1 amide bonds. The average molecular weight is 465 g/mol. The smallest absolute Gasteiger partial charge is 0.230 e. The third-order valence-electron chi connectivity index (χ3n) is 5.67. The van der Waals surface area contributed by atoms with Crippen molar-refractivity contribution < 1.29 is 9.53 Å². The number of hydrogen-bond acceptors (Lipinski definition) is 7. The molecule has 5 rings (SSSR count). The van der Waals surface area contributed by atoms with E-state index < -0.39 is 0 Å². The van der Waals surface area contributed by atoms with Gasteiger partial charge in [-0.15, -0.1) is 11.3 Å². The van der Waals surface area contributed by atoms with Gasteiger partial charge in [-0.25, -0.2) is 15.0 Å². The maximum Gasteiger partial charge on any atom is 0.230 e. The molecule has 4 aromatic rings. The number of nitrogens with one attached hydrogen (secondary N) is 1. The van der Waals surface area contributed by atoms with Gasteiger partial charge in [0, 0.05) is 29.6 Å². The Kier molecular flexibility index (Phi) is 5.61. The fourth-order valence-corrected chi connectivity index (χ4v) is 6.14. The predicted molar refractivity (Wildman–Crippen MR) is 129 cm³/mol. The van der Waals surface area contributed by atoms with E-state index in [1.165, 1.54) is 22.9 Å². The second kappa shape index (κ2) is 8.42. The van der Waals surface area contributed by atoms with Crippen LogP contribution in [-0.4, -0.2) is 32.2 Å². The van der Waals surface area contributed by atoms with Crippen molar-refractivity contribution in [3.63, 3.8) is 0 Å². The Hall–Kier alpha value is -2.55. The molecule has 0 unspecified atom stereocenters. The van der Waals surface area contributed by atoms with Crippen molar-refractivity contribution in [1.82, 2.24) is 20.3 Å². The summed E-state index contributed by atoms with van der Waals surface area (Å²) in [6.07, 6.45) is 2.41. The number of rotatable bonds is 5. The van der Waals surface area contributed by atoms with Gasteiger partial charge in [-0.1, -0.05) is 42.1 Å². The first-order chi connectivity index (χ1) is 15.4. The number of fused-ring (bicyclic) bond motifs is 5. The van der Waals surface area contributed by atoms with Gasteiger partial charge in [0.15, 0.2) is 0 Å². The fraction of sp³-hybridized carbons (Fsp3) is 0.333. The Bertz CT molecular complexity index is 1320. The minimum atomic E-state index is -0.219. The number of amides is 1. The molecular formula is C24H24N4O2S2. The summed E-state index contributed by atoms with van der Waals surface area (Å²) in [4.78, 5) is 27.3. The largest absolute Gasteiger partial charge is 0.370 e. The highest BCUT2D eigenvalue weighted by Crippen LogP contribution is 2.42. The number of thioether (sulfide) groups is 1. The summed E-state index contributed by atoms with van der Waals surface area (Å²) < 4.78 is 7.03. The third-order valence-corrected chi connectivity index (χ3v) is 7.87. The molecule has 1 aliphatic rings. The lowest BCUT2D eigenvalue weighted by Crippen LogP contribution is -2.32. The van der Waals surface area contributed by atoms with Crippen molar-refractivity contribution in [2.45, 2.75) is 51.0 Å². The topological polar surface area (TPSA) is 77.0 Å². The van der Waals surface area contributed by atoms with Gasteiger partial charge in [-0.3, -0.25) is 4.79 Å². The molecule has 1 aromatic carbocycles. The first-order valence-corrected chi connectivity index (χ1v) is 12.3. The highest BCUT2D eigenvalue weighted by molar-refractivity contribution is 8.00. The second-order valence-electron chi connectivity index (χ2n) is 8.57. The summed E-state index contributed by atoms with van der Waals surface area (Å²) in [7, 11) is 0. The number of nitrogens with zero attached hydrogens (tertiary/aromatic N) is 3. The maximum absolute atomic E-state index is 12.4. The SMILES string of the molecule is Cc1nc2sc3c(SCC(=O)NCc4ccccc4)ncnc3c2c2c1COC(C)(C)C2. The Morgan fingerprint density at radius 2 is 2.03 bits per heavy atom. The second-order valence-corrected chi connectivity index (χ2v) is 10.5. The highest BCUT2D eigenvalue weighted by atomic mass is 32.2. The van der Waals surface area contributed by atoms with E-state index in [9.17, 15) is 4.79 Å². The summed E-state index contributed by atoms with van der Waals surface area (Å²) in [5, 5.41) is 4.91. The Morgan fingerprint density at radius 1 is 1.22 bits per heavy atom. The lowest BCUT2D eigenvalue weighted by molar-refractivity contribution is -0.118. The Balaban J connectivity index is 1.43. The van der Waals surface area contributed by atoms with Crippen molar-refractivity contribution >= 4 is 49.4 Å². The van der Waals surface area contributed by atoms with Crippen LogP contribution < -0.4 is 5.32 Å². The molecule has 0 atom stereocenters. The number of benzene rings is 1. The minimum Gasteiger partial charge on any atom is -0.370 e. The van der Waals surface area contributed by atoms with Crippen molar-refractivity contribution in [2.24, 2.45) is 0 Å². The van der Waals surface area contributed by atoms with Gasteiger partial charge in [0.2, 0.25) is 5.91 Å². The van der Waals surface area contributed by atoms with Crippen molar-refractivity contribution in [3.05, 3.63) is 59.0 Å². The van der Waals surface area contributed by atoms with Gasteiger partial charge >= 0.3 is 0 Å². The number of thiophene rings is 1. The monoisotopic (exact) mass is 464 g/mol. The molecule has 4 heterocycles. The van der Waals surface area contributed by atoms with Gasteiger partial charge in [-0.05, 0) is 31.9 Å².